The first-order valence-corrected chi connectivity index (χ1v) is 8.59. The van der Waals surface area contributed by atoms with E-state index in [2.05, 4.69) is 16.0 Å². The van der Waals surface area contributed by atoms with Gasteiger partial charge in [0.15, 0.2) is 6.04 Å². The molecule has 0 aliphatic rings. The zero-order valence-electron chi connectivity index (χ0n) is 15.9. The summed E-state index contributed by atoms with van der Waals surface area (Å²) in [5.41, 5.74) is 5.23. The highest BCUT2D eigenvalue weighted by Gasteiger charge is 2.33. The van der Waals surface area contributed by atoms with Crippen LogP contribution in [0.4, 0.5) is 0 Å². The van der Waals surface area contributed by atoms with Crippen LogP contribution in [0.2, 0.25) is 0 Å². The number of nitrogens with two attached hydrogens (primary N) is 1. The Morgan fingerprint density at radius 1 is 0.852 bits per heavy atom. The van der Waals surface area contributed by atoms with Crippen molar-refractivity contribution in [1.82, 2.24) is 16.0 Å². The van der Waals surface area contributed by atoms with Crippen LogP contribution in [0.3, 0.4) is 0 Å². The SMILES string of the molecule is CC(C)CC(NC(=O)CN)C(=O)NC(C(=O)NC(C(=O)O)C(C)O)C(C)O. The molecule has 0 spiro atoms. The topological polar surface area (TPSA) is 191 Å². The molecular weight excluding hydrogens is 360 g/mol. The molecule has 5 atom stereocenters. The minimum Gasteiger partial charge on any atom is -0.480 e. The van der Waals surface area contributed by atoms with Crippen LogP contribution in [0, 0.1) is 5.92 Å². The van der Waals surface area contributed by atoms with Gasteiger partial charge in [0.1, 0.15) is 12.1 Å². The molecule has 0 aromatic heterocycles. The van der Waals surface area contributed by atoms with Crippen molar-refractivity contribution in [2.75, 3.05) is 6.54 Å². The third-order valence-corrected chi connectivity index (χ3v) is 3.65. The largest absolute Gasteiger partial charge is 0.480 e. The molecule has 5 unspecified atom stereocenters. The van der Waals surface area contributed by atoms with Gasteiger partial charge in [-0.25, -0.2) is 4.79 Å². The molecule has 11 nitrogen and oxygen atoms in total. The van der Waals surface area contributed by atoms with Crippen molar-refractivity contribution >= 4 is 23.7 Å². The fraction of sp³-hybridized carbons (Fsp3) is 0.750. The summed E-state index contributed by atoms with van der Waals surface area (Å²) >= 11 is 0. The van der Waals surface area contributed by atoms with Crippen molar-refractivity contribution in [2.24, 2.45) is 11.7 Å². The Hall–Kier alpha value is -2.24. The van der Waals surface area contributed by atoms with E-state index in [1.165, 1.54) is 13.8 Å². The number of aliphatic carboxylic acids is 1. The van der Waals surface area contributed by atoms with E-state index in [1.54, 1.807) is 0 Å². The van der Waals surface area contributed by atoms with Gasteiger partial charge < -0.3 is 37.0 Å². The maximum Gasteiger partial charge on any atom is 0.328 e. The maximum absolute atomic E-state index is 12.5. The molecule has 8 N–H and O–H groups in total. The molecule has 0 aliphatic heterocycles. The van der Waals surface area contributed by atoms with Crippen LogP contribution in [0.15, 0.2) is 0 Å². The number of hydrogen-bond donors (Lipinski definition) is 7. The quantitative estimate of drug-likeness (QED) is 0.198. The molecule has 11 heteroatoms. The molecule has 0 rings (SSSR count). The molecule has 0 radical (unpaired) electrons. The Morgan fingerprint density at radius 3 is 1.70 bits per heavy atom. The number of aliphatic hydroxyl groups is 2. The molecule has 0 heterocycles. The van der Waals surface area contributed by atoms with Crippen LogP contribution in [-0.2, 0) is 19.2 Å². The highest BCUT2D eigenvalue weighted by Crippen LogP contribution is 2.06. The molecule has 0 aromatic carbocycles. The van der Waals surface area contributed by atoms with E-state index >= 15 is 0 Å². The lowest BCUT2D eigenvalue weighted by Gasteiger charge is -2.27. The first-order chi connectivity index (χ1) is 12.4. The third kappa shape index (κ3) is 8.80. The number of carboxylic acids is 1. The highest BCUT2D eigenvalue weighted by atomic mass is 16.4. The van der Waals surface area contributed by atoms with Crippen molar-refractivity contribution in [3.05, 3.63) is 0 Å². The first kappa shape index (κ1) is 24.8. The Kier molecular flexibility index (Phi) is 10.5. The summed E-state index contributed by atoms with van der Waals surface area (Å²) in [6.07, 6.45) is -2.49. The van der Waals surface area contributed by atoms with Gasteiger partial charge >= 0.3 is 5.97 Å². The van der Waals surface area contributed by atoms with Crippen LogP contribution >= 0.6 is 0 Å². The van der Waals surface area contributed by atoms with E-state index in [-0.39, 0.29) is 18.9 Å². The van der Waals surface area contributed by atoms with Gasteiger partial charge in [-0.05, 0) is 26.2 Å². The number of hydrogen-bond acceptors (Lipinski definition) is 7. The summed E-state index contributed by atoms with van der Waals surface area (Å²) in [6.45, 7) is 5.74. The molecular formula is C16H30N4O7. The van der Waals surface area contributed by atoms with Gasteiger partial charge in [-0.15, -0.1) is 0 Å². The normalized spacial score (nSPS) is 16.6. The molecule has 0 aromatic rings. The Balaban J connectivity index is 5.28. The summed E-state index contributed by atoms with van der Waals surface area (Å²) in [7, 11) is 0. The van der Waals surface area contributed by atoms with Crippen molar-refractivity contribution in [3.8, 4) is 0 Å². The van der Waals surface area contributed by atoms with Crippen LogP contribution in [-0.4, -0.2) is 75.9 Å². The molecule has 0 bridgehead atoms. The van der Waals surface area contributed by atoms with Gasteiger partial charge in [-0.2, -0.15) is 0 Å². The van der Waals surface area contributed by atoms with E-state index in [4.69, 9.17) is 10.8 Å². The summed E-state index contributed by atoms with van der Waals surface area (Å²) in [5.74, 6) is -3.71. The second-order valence-electron chi connectivity index (χ2n) is 6.75. The van der Waals surface area contributed by atoms with Gasteiger partial charge in [-0.3, -0.25) is 14.4 Å². The maximum atomic E-state index is 12.5. The predicted octanol–water partition coefficient (Wildman–Crippen LogP) is -2.71. The lowest BCUT2D eigenvalue weighted by atomic mass is 10.0. The van der Waals surface area contributed by atoms with E-state index < -0.39 is 54.0 Å². The number of rotatable bonds is 11. The van der Waals surface area contributed by atoms with Gasteiger partial charge in [-0.1, -0.05) is 13.8 Å². The van der Waals surface area contributed by atoms with Crippen LogP contribution < -0.4 is 21.7 Å². The summed E-state index contributed by atoms with van der Waals surface area (Å²) < 4.78 is 0. The number of aliphatic hydroxyl groups excluding tert-OH is 2. The van der Waals surface area contributed by atoms with Crippen LogP contribution in [0.1, 0.15) is 34.1 Å². The van der Waals surface area contributed by atoms with E-state index in [9.17, 15) is 29.4 Å². The monoisotopic (exact) mass is 390 g/mol. The first-order valence-electron chi connectivity index (χ1n) is 8.59. The highest BCUT2D eigenvalue weighted by molar-refractivity contribution is 5.94. The smallest absolute Gasteiger partial charge is 0.328 e. The number of nitrogens with one attached hydrogen (secondary N) is 3. The molecule has 0 saturated heterocycles. The number of carbonyl (C=O) groups excluding carboxylic acids is 3. The molecule has 0 fully saturated rings. The average Bonchev–Trinajstić information content (AvgIpc) is 2.54. The average molecular weight is 390 g/mol. The van der Waals surface area contributed by atoms with Crippen LogP contribution in [0.5, 0.6) is 0 Å². The molecule has 156 valence electrons. The Bertz CT molecular complexity index is 537. The summed E-state index contributed by atoms with van der Waals surface area (Å²) in [5, 5.41) is 35.1. The minimum atomic E-state index is -1.61. The van der Waals surface area contributed by atoms with Crippen LogP contribution in [0.25, 0.3) is 0 Å². The van der Waals surface area contributed by atoms with Gasteiger partial charge in [0.2, 0.25) is 17.7 Å². The van der Waals surface area contributed by atoms with E-state index in [0.717, 1.165) is 0 Å². The number of amides is 3. The minimum absolute atomic E-state index is 0.0317. The Morgan fingerprint density at radius 2 is 1.33 bits per heavy atom. The fourth-order valence-corrected chi connectivity index (χ4v) is 2.25. The van der Waals surface area contributed by atoms with Gasteiger partial charge in [0.25, 0.3) is 0 Å². The molecule has 0 aliphatic carbocycles. The second-order valence-corrected chi connectivity index (χ2v) is 6.75. The van der Waals surface area contributed by atoms with Crippen molar-refractivity contribution < 1.29 is 34.5 Å². The van der Waals surface area contributed by atoms with Crippen molar-refractivity contribution in [2.45, 2.75) is 64.4 Å². The second kappa shape index (κ2) is 11.5. The summed E-state index contributed by atoms with van der Waals surface area (Å²) in [6, 6.07) is -4.08. The zero-order valence-corrected chi connectivity index (χ0v) is 15.9. The predicted molar refractivity (Wildman–Crippen MR) is 95.3 cm³/mol. The standard InChI is InChI=1S/C16H30N4O7/c1-7(2)5-10(18-11(23)6-17)14(24)19-12(8(3)21)15(25)20-13(9(4)22)16(26)27/h7-10,12-13,21-22H,5-6,17H2,1-4H3,(H,18,23)(H,19,24)(H,20,25)(H,26,27). The fourth-order valence-electron chi connectivity index (χ4n) is 2.25. The third-order valence-electron chi connectivity index (χ3n) is 3.65. The zero-order chi connectivity index (χ0) is 21.3. The summed E-state index contributed by atoms with van der Waals surface area (Å²) in [4.78, 5) is 47.4. The number of carbonyl (C=O) groups is 4. The van der Waals surface area contributed by atoms with Gasteiger partial charge in [0.05, 0.1) is 18.8 Å². The lowest BCUT2D eigenvalue weighted by molar-refractivity contribution is -0.146. The van der Waals surface area contributed by atoms with Crippen molar-refractivity contribution in [1.29, 1.82) is 0 Å². The molecule has 0 saturated carbocycles. The lowest BCUT2D eigenvalue weighted by Crippen LogP contribution is -2.60. The Labute approximate surface area is 157 Å². The van der Waals surface area contributed by atoms with E-state index in [0.29, 0.717) is 0 Å². The van der Waals surface area contributed by atoms with Crippen molar-refractivity contribution in [3.63, 3.8) is 0 Å². The molecule has 27 heavy (non-hydrogen) atoms. The van der Waals surface area contributed by atoms with E-state index in [1.807, 2.05) is 13.8 Å². The number of carboxylic acid groups (broad SMARTS) is 1. The van der Waals surface area contributed by atoms with Gasteiger partial charge in [0, 0.05) is 0 Å². The molecule has 3 amide bonds.